The number of carbonyl (C=O) groups is 2. The van der Waals surface area contributed by atoms with Gasteiger partial charge in [0.25, 0.3) is 0 Å². The van der Waals surface area contributed by atoms with Crippen LogP contribution in [-0.4, -0.2) is 11.6 Å². The fraction of sp³-hybridized carbons (Fsp3) is 0.333. The number of Topliss-reactive ketones (excluding diaryl/α,β-unsaturated/α-hetero) is 2. The second-order valence-corrected chi connectivity index (χ2v) is 2.94. The molecule has 0 spiro atoms. The lowest BCUT2D eigenvalue weighted by Gasteiger charge is -2.08. The molecule has 1 unspecified atom stereocenters. The van der Waals surface area contributed by atoms with Gasteiger partial charge >= 0.3 is 0 Å². The van der Waals surface area contributed by atoms with Crippen LogP contribution in [0.15, 0.2) is 23.8 Å². The van der Waals surface area contributed by atoms with E-state index < -0.39 is 0 Å². The molecule has 0 saturated heterocycles. The quantitative estimate of drug-likeness (QED) is 0.481. The van der Waals surface area contributed by atoms with Crippen LogP contribution in [0, 0.1) is 5.92 Å². The molecule has 1 fully saturated rings. The van der Waals surface area contributed by atoms with E-state index in [1.54, 1.807) is 6.08 Å². The summed E-state index contributed by atoms with van der Waals surface area (Å²) < 4.78 is 0. The van der Waals surface area contributed by atoms with Gasteiger partial charge in [0.2, 0.25) is 11.6 Å². The lowest BCUT2D eigenvalue weighted by atomic mass is 9.95. The summed E-state index contributed by atoms with van der Waals surface area (Å²) in [6.07, 6.45) is 6.89. The molecule has 0 radical (unpaired) electrons. The Morgan fingerprint density at radius 1 is 1.36 bits per heavy atom. The molecular formula is C9H8O2. The van der Waals surface area contributed by atoms with E-state index in [0.717, 1.165) is 12.0 Å². The first-order valence-corrected chi connectivity index (χ1v) is 3.73. The molecule has 0 aromatic carbocycles. The summed E-state index contributed by atoms with van der Waals surface area (Å²) in [6, 6.07) is 0. The Bertz CT molecular complexity index is 284. The summed E-state index contributed by atoms with van der Waals surface area (Å²) in [4.78, 5) is 22.0. The smallest absolute Gasteiger partial charge is 0.224 e. The average Bonchev–Trinajstić information content (AvgIpc) is 2.30. The highest BCUT2D eigenvalue weighted by molar-refractivity contribution is 6.46. The molecule has 0 heterocycles. The minimum atomic E-state index is -0.264. The molecule has 11 heavy (non-hydrogen) atoms. The van der Waals surface area contributed by atoms with Crippen molar-refractivity contribution in [1.29, 1.82) is 0 Å². The highest BCUT2D eigenvalue weighted by Crippen LogP contribution is 2.31. The maximum absolute atomic E-state index is 11.1. The molecule has 0 bridgehead atoms. The molecule has 2 nitrogen and oxygen atoms in total. The van der Waals surface area contributed by atoms with Gasteiger partial charge in [-0.05, 0) is 12.3 Å². The Kier molecular flexibility index (Phi) is 1.28. The zero-order valence-electron chi connectivity index (χ0n) is 6.04. The summed E-state index contributed by atoms with van der Waals surface area (Å²) >= 11 is 0. The monoisotopic (exact) mass is 148 g/mol. The first-order chi connectivity index (χ1) is 5.29. The Hall–Kier alpha value is -1.18. The van der Waals surface area contributed by atoms with E-state index in [9.17, 15) is 9.59 Å². The highest BCUT2D eigenvalue weighted by Gasteiger charge is 2.35. The normalized spacial score (nSPS) is 28.7. The lowest BCUT2D eigenvalue weighted by molar-refractivity contribution is -0.132. The summed E-state index contributed by atoms with van der Waals surface area (Å²) in [5, 5.41) is 0. The molecule has 0 amide bonds. The fourth-order valence-electron chi connectivity index (χ4n) is 1.61. The van der Waals surface area contributed by atoms with Crippen molar-refractivity contribution in [2.24, 2.45) is 5.92 Å². The summed E-state index contributed by atoms with van der Waals surface area (Å²) in [6.45, 7) is 0. The van der Waals surface area contributed by atoms with Crippen LogP contribution >= 0.6 is 0 Å². The van der Waals surface area contributed by atoms with E-state index in [1.807, 2.05) is 12.2 Å². The van der Waals surface area contributed by atoms with Crippen molar-refractivity contribution < 1.29 is 9.59 Å². The molecule has 0 aliphatic heterocycles. The predicted molar refractivity (Wildman–Crippen MR) is 40.0 cm³/mol. The van der Waals surface area contributed by atoms with Gasteiger partial charge in [-0.3, -0.25) is 9.59 Å². The summed E-state index contributed by atoms with van der Waals surface area (Å²) in [5.74, 6) is -0.288. The third-order valence-electron chi connectivity index (χ3n) is 2.22. The van der Waals surface area contributed by atoms with Gasteiger partial charge in [0.15, 0.2) is 0 Å². The fourth-order valence-corrected chi connectivity index (χ4v) is 1.61. The topological polar surface area (TPSA) is 34.1 Å². The number of hydrogen-bond acceptors (Lipinski definition) is 2. The zero-order chi connectivity index (χ0) is 7.84. The molecule has 0 aromatic heterocycles. The zero-order valence-corrected chi connectivity index (χ0v) is 6.04. The Morgan fingerprint density at radius 2 is 2.18 bits per heavy atom. The number of hydrogen-bond donors (Lipinski definition) is 0. The van der Waals surface area contributed by atoms with Crippen LogP contribution < -0.4 is 0 Å². The Labute approximate surface area is 64.6 Å². The van der Waals surface area contributed by atoms with E-state index in [2.05, 4.69) is 0 Å². The van der Waals surface area contributed by atoms with Crippen molar-refractivity contribution in [2.45, 2.75) is 12.8 Å². The van der Waals surface area contributed by atoms with Crippen LogP contribution in [-0.2, 0) is 9.59 Å². The highest BCUT2D eigenvalue weighted by atomic mass is 16.2. The molecular weight excluding hydrogens is 140 g/mol. The molecule has 2 rings (SSSR count). The molecule has 0 N–H and O–H groups in total. The van der Waals surface area contributed by atoms with E-state index in [4.69, 9.17) is 0 Å². The first kappa shape index (κ1) is 6.53. The minimum Gasteiger partial charge on any atom is -0.290 e. The van der Waals surface area contributed by atoms with Gasteiger partial charge in [-0.25, -0.2) is 0 Å². The molecule has 1 saturated carbocycles. The van der Waals surface area contributed by atoms with Crippen molar-refractivity contribution in [3.8, 4) is 0 Å². The van der Waals surface area contributed by atoms with E-state index >= 15 is 0 Å². The lowest BCUT2D eigenvalue weighted by Crippen LogP contribution is -2.06. The van der Waals surface area contributed by atoms with E-state index in [1.165, 1.54) is 0 Å². The molecule has 1 atom stereocenters. The predicted octanol–water partition coefficient (Wildman–Crippen LogP) is 1.03. The second kappa shape index (κ2) is 2.16. The third kappa shape index (κ3) is 0.862. The SMILES string of the molecule is O=C1CC2CC=CC=C2C1=O. The Balaban J connectivity index is 2.40. The maximum atomic E-state index is 11.1. The standard InChI is InChI=1S/C9H8O2/c10-8-5-6-3-1-2-4-7(6)9(8)11/h1-2,4,6H,3,5H2. The van der Waals surface area contributed by atoms with Gasteiger partial charge in [0.1, 0.15) is 0 Å². The van der Waals surface area contributed by atoms with Crippen molar-refractivity contribution in [3.05, 3.63) is 23.8 Å². The molecule has 2 aliphatic rings. The largest absolute Gasteiger partial charge is 0.290 e. The summed E-state index contributed by atoms with van der Waals surface area (Å²) in [7, 11) is 0. The first-order valence-electron chi connectivity index (χ1n) is 3.73. The number of fused-ring (bicyclic) bond motifs is 1. The van der Waals surface area contributed by atoms with Gasteiger partial charge in [-0.1, -0.05) is 18.2 Å². The molecule has 2 heteroatoms. The third-order valence-corrected chi connectivity index (χ3v) is 2.22. The van der Waals surface area contributed by atoms with Crippen LogP contribution in [0.25, 0.3) is 0 Å². The molecule has 56 valence electrons. The number of rotatable bonds is 0. The minimum absolute atomic E-state index is 0.194. The van der Waals surface area contributed by atoms with Crippen molar-refractivity contribution in [1.82, 2.24) is 0 Å². The van der Waals surface area contributed by atoms with Crippen LogP contribution in [0.3, 0.4) is 0 Å². The van der Waals surface area contributed by atoms with Crippen LogP contribution in [0.4, 0.5) is 0 Å². The number of carbonyl (C=O) groups excluding carboxylic acids is 2. The van der Waals surface area contributed by atoms with Crippen LogP contribution in [0.1, 0.15) is 12.8 Å². The van der Waals surface area contributed by atoms with Crippen LogP contribution in [0.2, 0.25) is 0 Å². The van der Waals surface area contributed by atoms with Gasteiger partial charge in [-0.15, -0.1) is 0 Å². The Morgan fingerprint density at radius 3 is 2.91 bits per heavy atom. The number of ketones is 2. The van der Waals surface area contributed by atoms with Gasteiger partial charge in [-0.2, -0.15) is 0 Å². The maximum Gasteiger partial charge on any atom is 0.224 e. The van der Waals surface area contributed by atoms with E-state index in [0.29, 0.717) is 6.42 Å². The van der Waals surface area contributed by atoms with Crippen molar-refractivity contribution in [3.63, 3.8) is 0 Å². The van der Waals surface area contributed by atoms with Crippen molar-refractivity contribution in [2.75, 3.05) is 0 Å². The molecule has 2 aliphatic carbocycles. The summed E-state index contributed by atoms with van der Waals surface area (Å²) in [5.41, 5.74) is 0.720. The second-order valence-electron chi connectivity index (χ2n) is 2.94. The van der Waals surface area contributed by atoms with Crippen molar-refractivity contribution >= 4 is 11.6 Å². The number of allylic oxidation sites excluding steroid dienone is 4. The van der Waals surface area contributed by atoms with Gasteiger partial charge in [0.05, 0.1) is 0 Å². The van der Waals surface area contributed by atoms with Gasteiger partial charge < -0.3 is 0 Å². The molecule has 0 aromatic rings. The van der Waals surface area contributed by atoms with Gasteiger partial charge in [0, 0.05) is 12.0 Å². The van der Waals surface area contributed by atoms with Crippen LogP contribution in [0.5, 0.6) is 0 Å². The average molecular weight is 148 g/mol. The van der Waals surface area contributed by atoms with E-state index in [-0.39, 0.29) is 17.5 Å².